The minimum absolute atomic E-state index is 0.0145. The van der Waals surface area contributed by atoms with Gasteiger partial charge in [-0.05, 0) is 37.6 Å². The summed E-state index contributed by atoms with van der Waals surface area (Å²) in [5, 5.41) is 0.317. The first kappa shape index (κ1) is 14.7. The normalized spacial score (nSPS) is 25.4. The topological polar surface area (TPSA) is 63.4 Å². The first-order valence-corrected chi connectivity index (χ1v) is 8.82. The molecule has 0 saturated carbocycles. The fraction of sp³-hybridized carbons (Fsp3) is 0.538. The van der Waals surface area contributed by atoms with Crippen LogP contribution < -0.4 is 5.73 Å². The van der Waals surface area contributed by atoms with Crippen LogP contribution in [0.25, 0.3) is 0 Å². The zero-order valence-electron chi connectivity index (χ0n) is 11.5. The highest BCUT2D eigenvalue weighted by Crippen LogP contribution is 2.30. The molecule has 1 aromatic carbocycles. The van der Waals surface area contributed by atoms with E-state index < -0.39 is 10.0 Å². The van der Waals surface area contributed by atoms with Gasteiger partial charge in [0.05, 0.1) is 4.90 Å². The Labute approximate surface area is 119 Å². The Morgan fingerprint density at radius 3 is 2.68 bits per heavy atom. The third-order valence-corrected chi connectivity index (χ3v) is 7.10. The maximum absolute atomic E-state index is 12.8. The van der Waals surface area contributed by atoms with Crippen molar-refractivity contribution in [3.63, 3.8) is 0 Å². The number of benzene rings is 1. The SMILES string of the molecule is Cc1cc(N)ccc1S(=O)(=O)N1CCSC(C)C1C. The second-order valence-electron chi connectivity index (χ2n) is 4.96. The number of anilines is 1. The Morgan fingerprint density at radius 2 is 2.05 bits per heavy atom. The van der Waals surface area contributed by atoms with Crippen LogP contribution in [0, 0.1) is 6.92 Å². The number of sulfonamides is 1. The number of thioether (sulfide) groups is 1. The van der Waals surface area contributed by atoms with Crippen molar-refractivity contribution < 1.29 is 8.42 Å². The minimum atomic E-state index is -3.43. The van der Waals surface area contributed by atoms with Crippen molar-refractivity contribution in [2.75, 3.05) is 18.0 Å². The lowest BCUT2D eigenvalue weighted by Gasteiger charge is -2.36. The zero-order valence-corrected chi connectivity index (χ0v) is 13.1. The zero-order chi connectivity index (χ0) is 14.2. The first-order chi connectivity index (χ1) is 8.84. The van der Waals surface area contributed by atoms with Crippen molar-refractivity contribution in [2.45, 2.75) is 37.0 Å². The van der Waals surface area contributed by atoms with Gasteiger partial charge in [-0.2, -0.15) is 16.1 Å². The number of aryl methyl sites for hydroxylation is 1. The summed E-state index contributed by atoms with van der Waals surface area (Å²) in [7, 11) is -3.43. The third-order valence-electron chi connectivity index (χ3n) is 3.61. The lowest BCUT2D eigenvalue weighted by Crippen LogP contribution is -2.47. The quantitative estimate of drug-likeness (QED) is 0.850. The van der Waals surface area contributed by atoms with E-state index in [-0.39, 0.29) is 6.04 Å². The molecule has 2 N–H and O–H groups in total. The molecule has 1 aliphatic heterocycles. The van der Waals surface area contributed by atoms with Crippen molar-refractivity contribution in [3.05, 3.63) is 23.8 Å². The summed E-state index contributed by atoms with van der Waals surface area (Å²) in [4.78, 5) is 0.368. The summed E-state index contributed by atoms with van der Waals surface area (Å²) >= 11 is 1.82. The molecule has 0 aliphatic carbocycles. The average Bonchev–Trinajstić information content (AvgIpc) is 2.31. The van der Waals surface area contributed by atoms with Gasteiger partial charge in [-0.1, -0.05) is 6.92 Å². The van der Waals surface area contributed by atoms with E-state index in [2.05, 4.69) is 6.92 Å². The number of rotatable bonds is 2. The van der Waals surface area contributed by atoms with Gasteiger partial charge >= 0.3 is 0 Å². The lowest BCUT2D eigenvalue weighted by atomic mass is 10.2. The maximum Gasteiger partial charge on any atom is 0.243 e. The van der Waals surface area contributed by atoms with Crippen molar-refractivity contribution in [1.29, 1.82) is 0 Å². The molecule has 2 atom stereocenters. The van der Waals surface area contributed by atoms with Crippen molar-refractivity contribution >= 4 is 27.5 Å². The Balaban J connectivity index is 2.41. The van der Waals surface area contributed by atoms with Crippen LogP contribution in [0.2, 0.25) is 0 Å². The van der Waals surface area contributed by atoms with Crippen LogP contribution >= 0.6 is 11.8 Å². The van der Waals surface area contributed by atoms with Gasteiger partial charge in [0.15, 0.2) is 0 Å². The van der Waals surface area contributed by atoms with Gasteiger partial charge in [-0.25, -0.2) is 8.42 Å². The molecule has 1 aliphatic rings. The van der Waals surface area contributed by atoms with Gasteiger partial charge < -0.3 is 5.73 Å². The molecular formula is C13H20N2O2S2. The van der Waals surface area contributed by atoms with Gasteiger partial charge in [0.25, 0.3) is 0 Å². The van der Waals surface area contributed by atoms with E-state index in [0.29, 0.717) is 27.9 Å². The smallest absolute Gasteiger partial charge is 0.243 e. The number of hydrogen-bond acceptors (Lipinski definition) is 4. The summed E-state index contributed by atoms with van der Waals surface area (Å²) < 4.78 is 27.1. The summed E-state index contributed by atoms with van der Waals surface area (Å²) in [6.07, 6.45) is 0. The van der Waals surface area contributed by atoms with Crippen LogP contribution in [-0.2, 0) is 10.0 Å². The molecule has 2 unspecified atom stereocenters. The first-order valence-electron chi connectivity index (χ1n) is 6.33. The van der Waals surface area contributed by atoms with E-state index in [1.807, 2.05) is 18.7 Å². The largest absolute Gasteiger partial charge is 0.399 e. The number of nitrogen functional groups attached to an aromatic ring is 1. The summed E-state index contributed by atoms with van der Waals surface area (Å²) in [5.74, 6) is 0.846. The molecule has 1 aromatic rings. The molecule has 19 heavy (non-hydrogen) atoms. The van der Waals surface area contributed by atoms with E-state index in [1.165, 1.54) is 0 Å². The second kappa shape index (κ2) is 5.34. The molecule has 2 rings (SSSR count). The molecular weight excluding hydrogens is 280 g/mol. The van der Waals surface area contributed by atoms with Crippen LogP contribution in [-0.4, -0.2) is 36.3 Å². The monoisotopic (exact) mass is 300 g/mol. The van der Waals surface area contributed by atoms with Crippen LogP contribution in [0.15, 0.2) is 23.1 Å². The second-order valence-corrected chi connectivity index (χ2v) is 8.30. The Bertz CT molecular complexity index is 572. The van der Waals surface area contributed by atoms with Gasteiger partial charge in [-0.3, -0.25) is 0 Å². The average molecular weight is 300 g/mol. The van der Waals surface area contributed by atoms with E-state index in [0.717, 1.165) is 5.75 Å². The van der Waals surface area contributed by atoms with Crippen LogP contribution in [0.5, 0.6) is 0 Å². The fourth-order valence-corrected chi connectivity index (χ4v) is 5.54. The standard InChI is InChI=1S/C13H20N2O2S2/c1-9-8-12(14)4-5-13(9)19(16,17)15-6-7-18-11(3)10(15)2/h4-5,8,10-11H,6-7,14H2,1-3H3. The predicted octanol–water partition coefficient (Wildman–Crippen LogP) is 2.09. The number of nitrogens with two attached hydrogens (primary N) is 1. The Kier molecular flexibility index (Phi) is 4.13. The third kappa shape index (κ3) is 2.75. The van der Waals surface area contributed by atoms with Crippen molar-refractivity contribution in [1.82, 2.24) is 4.31 Å². The van der Waals surface area contributed by atoms with E-state index in [9.17, 15) is 8.42 Å². The van der Waals surface area contributed by atoms with E-state index >= 15 is 0 Å². The summed E-state index contributed by atoms with van der Waals surface area (Å²) in [5.41, 5.74) is 6.98. The maximum atomic E-state index is 12.8. The molecule has 1 saturated heterocycles. The Morgan fingerprint density at radius 1 is 1.37 bits per heavy atom. The molecule has 0 radical (unpaired) electrons. The molecule has 0 bridgehead atoms. The van der Waals surface area contributed by atoms with Crippen LogP contribution in [0.1, 0.15) is 19.4 Å². The molecule has 4 nitrogen and oxygen atoms in total. The van der Waals surface area contributed by atoms with E-state index in [4.69, 9.17) is 5.73 Å². The highest BCUT2D eigenvalue weighted by atomic mass is 32.2. The molecule has 0 amide bonds. The molecule has 1 fully saturated rings. The van der Waals surface area contributed by atoms with Crippen molar-refractivity contribution in [2.24, 2.45) is 0 Å². The highest BCUT2D eigenvalue weighted by Gasteiger charge is 2.35. The summed E-state index contributed by atoms with van der Waals surface area (Å²) in [6.45, 7) is 6.41. The lowest BCUT2D eigenvalue weighted by molar-refractivity contribution is 0.340. The predicted molar refractivity (Wildman–Crippen MR) is 80.9 cm³/mol. The fourth-order valence-electron chi connectivity index (χ4n) is 2.33. The van der Waals surface area contributed by atoms with Crippen LogP contribution in [0.3, 0.4) is 0 Å². The minimum Gasteiger partial charge on any atom is -0.399 e. The molecule has 106 valence electrons. The number of nitrogens with zero attached hydrogens (tertiary/aromatic N) is 1. The van der Waals surface area contributed by atoms with E-state index in [1.54, 1.807) is 29.4 Å². The van der Waals surface area contributed by atoms with Crippen LogP contribution in [0.4, 0.5) is 5.69 Å². The molecule has 6 heteroatoms. The van der Waals surface area contributed by atoms with Gasteiger partial charge in [0.2, 0.25) is 10.0 Å². The number of hydrogen-bond donors (Lipinski definition) is 1. The van der Waals surface area contributed by atoms with Crippen molar-refractivity contribution in [3.8, 4) is 0 Å². The highest BCUT2D eigenvalue weighted by molar-refractivity contribution is 8.00. The molecule has 0 aromatic heterocycles. The van der Waals surface area contributed by atoms with Gasteiger partial charge in [0, 0.05) is 29.3 Å². The molecule has 1 heterocycles. The van der Waals surface area contributed by atoms with Gasteiger partial charge in [0.1, 0.15) is 0 Å². The molecule has 0 spiro atoms. The Hall–Kier alpha value is -0.720. The van der Waals surface area contributed by atoms with Gasteiger partial charge in [-0.15, -0.1) is 0 Å². The summed E-state index contributed by atoms with van der Waals surface area (Å²) in [6, 6.07) is 4.98.